The Morgan fingerprint density at radius 2 is 1.94 bits per heavy atom. The van der Waals surface area contributed by atoms with E-state index in [4.69, 9.17) is 14.9 Å². The second-order valence-electron chi connectivity index (χ2n) is 4.40. The number of ether oxygens (including phenoxy) is 1. The quantitative estimate of drug-likeness (QED) is 0.826. The summed E-state index contributed by atoms with van der Waals surface area (Å²) in [6.45, 7) is 3.16. The standard InChI is InChI=1S/C13H18F2O3/c1-8(2)9-3-4-12(11(5-9)13(14)15)18-7-10(17)6-16/h3-5,8,10,13,16-17H,6-7H2,1-2H3. The minimum absolute atomic E-state index is 0.0434. The van der Waals surface area contributed by atoms with Crippen molar-refractivity contribution in [2.75, 3.05) is 13.2 Å². The van der Waals surface area contributed by atoms with Crippen molar-refractivity contribution in [3.63, 3.8) is 0 Å². The summed E-state index contributed by atoms with van der Waals surface area (Å²) < 4.78 is 30.9. The highest BCUT2D eigenvalue weighted by Gasteiger charge is 2.16. The van der Waals surface area contributed by atoms with E-state index in [-0.39, 0.29) is 23.8 Å². The number of hydrogen-bond donors (Lipinski definition) is 2. The molecule has 2 N–H and O–H groups in total. The minimum atomic E-state index is -2.63. The van der Waals surface area contributed by atoms with Crippen LogP contribution in [0.15, 0.2) is 18.2 Å². The van der Waals surface area contributed by atoms with Gasteiger partial charge in [-0.05, 0) is 23.6 Å². The lowest BCUT2D eigenvalue weighted by molar-refractivity contribution is 0.0514. The van der Waals surface area contributed by atoms with Crippen molar-refractivity contribution in [3.05, 3.63) is 29.3 Å². The average Bonchev–Trinajstić information content (AvgIpc) is 2.35. The van der Waals surface area contributed by atoms with Crippen LogP contribution >= 0.6 is 0 Å². The summed E-state index contributed by atoms with van der Waals surface area (Å²) >= 11 is 0. The molecule has 1 aromatic rings. The summed E-state index contributed by atoms with van der Waals surface area (Å²) in [7, 11) is 0. The summed E-state index contributed by atoms with van der Waals surface area (Å²) in [5.74, 6) is 0.196. The number of benzene rings is 1. The molecule has 102 valence electrons. The zero-order valence-corrected chi connectivity index (χ0v) is 10.4. The van der Waals surface area contributed by atoms with Crippen LogP contribution in [0.5, 0.6) is 5.75 Å². The topological polar surface area (TPSA) is 49.7 Å². The van der Waals surface area contributed by atoms with E-state index < -0.39 is 19.1 Å². The van der Waals surface area contributed by atoms with Gasteiger partial charge in [-0.15, -0.1) is 0 Å². The molecule has 0 amide bonds. The van der Waals surface area contributed by atoms with E-state index >= 15 is 0 Å². The van der Waals surface area contributed by atoms with Crippen molar-refractivity contribution in [1.29, 1.82) is 0 Å². The molecular weight excluding hydrogens is 242 g/mol. The molecule has 0 aliphatic heterocycles. The van der Waals surface area contributed by atoms with E-state index in [1.807, 2.05) is 13.8 Å². The fraction of sp³-hybridized carbons (Fsp3) is 0.538. The molecular formula is C13H18F2O3. The van der Waals surface area contributed by atoms with E-state index in [9.17, 15) is 8.78 Å². The normalized spacial score (nSPS) is 13.1. The van der Waals surface area contributed by atoms with Gasteiger partial charge in [-0.3, -0.25) is 0 Å². The molecule has 0 aliphatic rings. The Bertz CT molecular complexity index is 380. The highest BCUT2D eigenvalue weighted by atomic mass is 19.3. The van der Waals surface area contributed by atoms with Crippen molar-refractivity contribution in [2.24, 2.45) is 0 Å². The zero-order chi connectivity index (χ0) is 13.7. The largest absolute Gasteiger partial charge is 0.490 e. The van der Waals surface area contributed by atoms with Gasteiger partial charge in [0.15, 0.2) is 0 Å². The van der Waals surface area contributed by atoms with Gasteiger partial charge in [0.1, 0.15) is 18.5 Å². The summed E-state index contributed by atoms with van der Waals surface area (Å²) in [5, 5.41) is 17.8. The lowest BCUT2D eigenvalue weighted by Gasteiger charge is -2.15. The van der Waals surface area contributed by atoms with Crippen molar-refractivity contribution in [2.45, 2.75) is 32.3 Å². The monoisotopic (exact) mass is 260 g/mol. The lowest BCUT2D eigenvalue weighted by Crippen LogP contribution is -2.21. The van der Waals surface area contributed by atoms with Crippen LogP contribution in [0.25, 0.3) is 0 Å². The van der Waals surface area contributed by atoms with Gasteiger partial charge in [0.05, 0.1) is 12.2 Å². The SMILES string of the molecule is CC(C)c1ccc(OCC(O)CO)c(C(F)F)c1. The molecule has 0 radical (unpaired) electrons. The molecule has 0 fully saturated rings. The van der Waals surface area contributed by atoms with Crippen LogP contribution in [0.2, 0.25) is 0 Å². The van der Waals surface area contributed by atoms with E-state index in [1.54, 1.807) is 6.07 Å². The Balaban J connectivity index is 2.90. The summed E-state index contributed by atoms with van der Waals surface area (Å²) in [6.07, 6.45) is -3.70. The first-order valence-corrected chi connectivity index (χ1v) is 5.79. The Kier molecular flexibility index (Phi) is 5.50. The molecule has 18 heavy (non-hydrogen) atoms. The van der Waals surface area contributed by atoms with E-state index in [2.05, 4.69) is 0 Å². The van der Waals surface area contributed by atoms with Crippen molar-refractivity contribution in [1.82, 2.24) is 0 Å². The van der Waals surface area contributed by atoms with Gasteiger partial charge in [0, 0.05) is 0 Å². The summed E-state index contributed by atoms with van der Waals surface area (Å²) in [6, 6.07) is 4.61. The van der Waals surface area contributed by atoms with Gasteiger partial charge < -0.3 is 14.9 Å². The minimum Gasteiger partial charge on any atom is -0.490 e. The molecule has 0 spiro atoms. The predicted molar refractivity (Wildman–Crippen MR) is 64.1 cm³/mol. The number of hydrogen-bond acceptors (Lipinski definition) is 3. The predicted octanol–water partition coefficient (Wildman–Crippen LogP) is 2.48. The molecule has 1 rings (SSSR count). The average molecular weight is 260 g/mol. The highest BCUT2D eigenvalue weighted by molar-refractivity contribution is 5.39. The Hall–Kier alpha value is -1.20. The van der Waals surface area contributed by atoms with E-state index in [1.165, 1.54) is 12.1 Å². The third-order valence-electron chi connectivity index (χ3n) is 2.58. The van der Waals surface area contributed by atoms with E-state index in [0.717, 1.165) is 5.56 Å². The van der Waals surface area contributed by atoms with Crippen molar-refractivity contribution >= 4 is 0 Å². The van der Waals surface area contributed by atoms with Crippen LogP contribution in [-0.4, -0.2) is 29.5 Å². The first-order chi connectivity index (χ1) is 8.45. The Morgan fingerprint density at radius 3 is 2.44 bits per heavy atom. The van der Waals surface area contributed by atoms with Crippen LogP contribution in [0, 0.1) is 0 Å². The molecule has 0 heterocycles. The van der Waals surface area contributed by atoms with Crippen molar-refractivity contribution in [3.8, 4) is 5.75 Å². The highest BCUT2D eigenvalue weighted by Crippen LogP contribution is 2.32. The number of aliphatic hydroxyl groups excluding tert-OH is 2. The molecule has 0 aliphatic carbocycles. The van der Waals surface area contributed by atoms with Crippen LogP contribution in [-0.2, 0) is 0 Å². The van der Waals surface area contributed by atoms with Gasteiger partial charge in [-0.25, -0.2) is 8.78 Å². The second-order valence-corrected chi connectivity index (χ2v) is 4.40. The Labute approximate surface area is 105 Å². The third kappa shape index (κ3) is 3.92. The summed E-state index contributed by atoms with van der Waals surface area (Å²) in [5.41, 5.74) is 0.617. The van der Waals surface area contributed by atoms with Crippen LogP contribution in [0.1, 0.15) is 37.3 Å². The molecule has 5 heteroatoms. The lowest BCUT2D eigenvalue weighted by atomic mass is 10.0. The molecule has 3 nitrogen and oxygen atoms in total. The number of alkyl halides is 2. The maximum Gasteiger partial charge on any atom is 0.267 e. The zero-order valence-electron chi connectivity index (χ0n) is 10.4. The summed E-state index contributed by atoms with van der Waals surface area (Å²) in [4.78, 5) is 0. The van der Waals surface area contributed by atoms with Gasteiger partial charge >= 0.3 is 0 Å². The maximum atomic E-state index is 12.9. The van der Waals surface area contributed by atoms with Gasteiger partial charge in [0.2, 0.25) is 0 Å². The van der Waals surface area contributed by atoms with Crippen LogP contribution < -0.4 is 4.74 Å². The van der Waals surface area contributed by atoms with E-state index in [0.29, 0.717) is 0 Å². The Morgan fingerprint density at radius 1 is 1.28 bits per heavy atom. The molecule has 0 saturated carbocycles. The molecule has 0 aromatic heterocycles. The fourth-order valence-electron chi connectivity index (χ4n) is 1.47. The van der Waals surface area contributed by atoms with Gasteiger partial charge in [-0.2, -0.15) is 0 Å². The van der Waals surface area contributed by atoms with Gasteiger partial charge in [0.25, 0.3) is 6.43 Å². The molecule has 0 bridgehead atoms. The number of rotatable bonds is 6. The molecule has 0 saturated heterocycles. The van der Waals surface area contributed by atoms with Crippen LogP contribution in [0.3, 0.4) is 0 Å². The second kappa shape index (κ2) is 6.66. The first-order valence-electron chi connectivity index (χ1n) is 5.79. The van der Waals surface area contributed by atoms with Crippen LogP contribution in [0.4, 0.5) is 8.78 Å². The third-order valence-corrected chi connectivity index (χ3v) is 2.58. The van der Waals surface area contributed by atoms with Gasteiger partial charge in [-0.1, -0.05) is 19.9 Å². The first kappa shape index (κ1) is 14.9. The molecule has 1 unspecified atom stereocenters. The molecule has 1 atom stereocenters. The van der Waals surface area contributed by atoms with Crippen molar-refractivity contribution < 1.29 is 23.7 Å². The fourth-order valence-corrected chi connectivity index (χ4v) is 1.47. The molecule has 1 aromatic carbocycles. The maximum absolute atomic E-state index is 12.9. The smallest absolute Gasteiger partial charge is 0.267 e. The number of aliphatic hydroxyl groups is 2. The number of halogens is 2.